The van der Waals surface area contributed by atoms with Gasteiger partial charge in [0.2, 0.25) is 0 Å². The maximum atomic E-state index is 4.53. The fraction of sp³-hybridized carbons (Fsp3) is 0.267. The van der Waals surface area contributed by atoms with Gasteiger partial charge in [-0.1, -0.05) is 18.2 Å². The molecule has 2 aromatic rings. The number of pyridine rings is 1. The lowest BCUT2D eigenvalue weighted by Crippen LogP contribution is -2.33. The number of hydrogen-bond acceptors (Lipinski definition) is 2. The Kier molecular flexibility index (Phi) is 3.08. The van der Waals surface area contributed by atoms with Crippen LogP contribution in [0, 0.1) is 0 Å². The van der Waals surface area contributed by atoms with Crippen molar-refractivity contribution in [1.82, 2.24) is 4.98 Å². The van der Waals surface area contributed by atoms with Crippen LogP contribution in [-0.4, -0.2) is 11.0 Å². The van der Waals surface area contributed by atoms with Gasteiger partial charge in [0.25, 0.3) is 0 Å². The highest BCUT2D eigenvalue weighted by Gasteiger charge is 2.24. The first-order chi connectivity index (χ1) is 8.75. The van der Waals surface area contributed by atoms with Gasteiger partial charge in [0.1, 0.15) is 5.82 Å². The largest absolute Gasteiger partial charge is 0.323 e. The van der Waals surface area contributed by atoms with Gasteiger partial charge in [-0.25, -0.2) is 4.98 Å². The molecule has 1 aliphatic heterocycles. The summed E-state index contributed by atoms with van der Waals surface area (Å²) in [4.78, 5) is 6.87. The van der Waals surface area contributed by atoms with Crippen LogP contribution < -0.4 is 4.90 Å². The summed E-state index contributed by atoms with van der Waals surface area (Å²) in [6.45, 7) is 2.26. The number of aromatic nitrogens is 1. The number of aryl methyl sites for hydroxylation is 1. The topological polar surface area (TPSA) is 16.1 Å². The number of hydrogen-bond donors (Lipinski definition) is 0. The standard InChI is InChI=1S/C15H15BrN2/c1-11-6-7-12-4-2-3-5-14(12)18(11)15-9-8-13(16)10-17-15/h2-5,8-11H,6-7H2,1H3. The van der Waals surface area contributed by atoms with Crippen LogP contribution >= 0.6 is 15.9 Å². The fourth-order valence-corrected chi connectivity index (χ4v) is 2.78. The number of benzene rings is 1. The molecule has 0 bridgehead atoms. The molecule has 2 heterocycles. The van der Waals surface area contributed by atoms with Crippen LogP contribution in [0.4, 0.5) is 11.5 Å². The van der Waals surface area contributed by atoms with E-state index >= 15 is 0 Å². The molecule has 18 heavy (non-hydrogen) atoms. The molecule has 0 saturated heterocycles. The molecule has 0 radical (unpaired) electrons. The quantitative estimate of drug-likeness (QED) is 0.780. The average molecular weight is 303 g/mol. The van der Waals surface area contributed by atoms with Gasteiger partial charge >= 0.3 is 0 Å². The Morgan fingerprint density at radius 3 is 2.83 bits per heavy atom. The van der Waals surface area contributed by atoms with Crippen molar-refractivity contribution in [2.75, 3.05) is 4.90 Å². The molecule has 1 aliphatic rings. The van der Waals surface area contributed by atoms with E-state index in [0.29, 0.717) is 6.04 Å². The van der Waals surface area contributed by atoms with Crippen LogP contribution in [0.5, 0.6) is 0 Å². The summed E-state index contributed by atoms with van der Waals surface area (Å²) in [5.74, 6) is 1.03. The molecule has 3 rings (SSSR count). The second kappa shape index (κ2) is 4.73. The Bertz CT molecular complexity index is 551. The van der Waals surface area contributed by atoms with E-state index in [2.05, 4.69) is 63.1 Å². The Hall–Kier alpha value is -1.35. The van der Waals surface area contributed by atoms with Crippen LogP contribution in [0.2, 0.25) is 0 Å². The molecule has 1 aromatic heterocycles. The van der Waals surface area contributed by atoms with Gasteiger partial charge in [-0.15, -0.1) is 0 Å². The van der Waals surface area contributed by atoms with Crippen LogP contribution in [0.3, 0.4) is 0 Å². The van der Waals surface area contributed by atoms with Gasteiger partial charge in [0, 0.05) is 22.4 Å². The Morgan fingerprint density at radius 2 is 2.06 bits per heavy atom. The molecule has 0 fully saturated rings. The van der Waals surface area contributed by atoms with Gasteiger partial charge in [-0.3, -0.25) is 0 Å². The number of anilines is 2. The van der Waals surface area contributed by atoms with E-state index in [1.807, 2.05) is 12.3 Å². The van der Waals surface area contributed by atoms with E-state index in [4.69, 9.17) is 0 Å². The molecular formula is C15H15BrN2. The Morgan fingerprint density at radius 1 is 1.22 bits per heavy atom. The molecule has 1 aromatic carbocycles. The summed E-state index contributed by atoms with van der Waals surface area (Å²) in [5, 5.41) is 0. The second-order valence-corrected chi connectivity index (χ2v) is 5.64. The van der Waals surface area contributed by atoms with Crippen molar-refractivity contribution in [2.45, 2.75) is 25.8 Å². The van der Waals surface area contributed by atoms with Crippen LogP contribution in [0.15, 0.2) is 47.1 Å². The van der Waals surface area contributed by atoms with E-state index in [1.165, 1.54) is 17.7 Å². The summed E-state index contributed by atoms with van der Waals surface area (Å²) in [5.41, 5.74) is 2.71. The van der Waals surface area contributed by atoms with Crippen LogP contribution in [0.25, 0.3) is 0 Å². The summed E-state index contributed by atoms with van der Waals surface area (Å²) in [7, 11) is 0. The number of fused-ring (bicyclic) bond motifs is 1. The zero-order valence-corrected chi connectivity index (χ0v) is 11.9. The normalized spacial score (nSPS) is 18.6. The van der Waals surface area contributed by atoms with Crippen LogP contribution in [-0.2, 0) is 6.42 Å². The predicted molar refractivity (Wildman–Crippen MR) is 78.3 cm³/mol. The number of rotatable bonds is 1. The van der Waals surface area contributed by atoms with Crippen molar-refractivity contribution in [1.29, 1.82) is 0 Å². The SMILES string of the molecule is CC1CCc2ccccc2N1c1ccc(Br)cn1. The molecule has 0 aliphatic carbocycles. The molecule has 0 saturated carbocycles. The molecular weight excluding hydrogens is 288 g/mol. The van der Waals surface area contributed by atoms with Gasteiger partial charge in [0.05, 0.1) is 0 Å². The van der Waals surface area contributed by atoms with E-state index in [1.54, 1.807) is 0 Å². The van der Waals surface area contributed by atoms with Crippen molar-refractivity contribution < 1.29 is 0 Å². The minimum atomic E-state index is 0.494. The molecule has 0 amide bonds. The lowest BCUT2D eigenvalue weighted by Gasteiger charge is -2.36. The zero-order chi connectivity index (χ0) is 12.5. The van der Waals surface area contributed by atoms with Gasteiger partial charge in [-0.05, 0) is 59.5 Å². The lowest BCUT2D eigenvalue weighted by atomic mass is 9.96. The predicted octanol–water partition coefficient (Wildman–Crippen LogP) is 4.32. The van der Waals surface area contributed by atoms with E-state index < -0.39 is 0 Å². The summed E-state index contributed by atoms with van der Waals surface area (Å²) < 4.78 is 1.02. The van der Waals surface area contributed by atoms with E-state index in [9.17, 15) is 0 Å². The fourth-order valence-electron chi connectivity index (χ4n) is 2.55. The number of halogens is 1. The van der Waals surface area contributed by atoms with Crippen molar-refractivity contribution >= 4 is 27.4 Å². The monoisotopic (exact) mass is 302 g/mol. The third kappa shape index (κ3) is 2.03. The smallest absolute Gasteiger partial charge is 0.133 e. The first-order valence-corrected chi connectivity index (χ1v) is 7.04. The highest BCUT2D eigenvalue weighted by Crippen LogP contribution is 2.35. The third-order valence-electron chi connectivity index (χ3n) is 3.48. The molecule has 1 unspecified atom stereocenters. The average Bonchev–Trinajstić information content (AvgIpc) is 2.40. The molecule has 0 spiro atoms. The highest BCUT2D eigenvalue weighted by atomic mass is 79.9. The highest BCUT2D eigenvalue weighted by molar-refractivity contribution is 9.10. The zero-order valence-electron chi connectivity index (χ0n) is 10.3. The van der Waals surface area contributed by atoms with Crippen molar-refractivity contribution in [2.24, 2.45) is 0 Å². The van der Waals surface area contributed by atoms with Crippen LogP contribution in [0.1, 0.15) is 18.9 Å². The second-order valence-electron chi connectivity index (χ2n) is 4.72. The maximum Gasteiger partial charge on any atom is 0.133 e. The molecule has 3 heteroatoms. The summed E-state index contributed by atoms with van der Waals surface area (Å²) in [6.07, 6.45) is 4.19. The number of nitrogens with zero attached hydrogens (tertiary/aromatic N) is 2. The van der Waals surface area contributed by atoms with Crippen molar-refractivity contribution in [3.05, 3.63) is 52.6 Å². The summed E-state index contributed by atoms with van der Waals surface area (Å²) >= 11 is 3.44. The minimum absolute atomic E-state index is 0.494. The third-order valence-corrected chi connectivity index (χ3v) is 3.95. The van der Waals surface area contributed by atoms with E-state index in [0.717, 1.165) is 16.7 Å². The minimum Gasteiger partial charge on any atom is -0.323 e. The first kappa shape index (κ1) is 11.7. The van der Waals surface area contributed by atoms with Crippen molar-refractivity contribution in [3.8, 4) is 0 Å². The Balaban J connectivity index is 2.07. The van der Waals surface area contributed by atoms with Gasteiger partial charge in [-0.2, -0.15) is 0 Å². The maximum absolute atomic E-state index is 4.53. The summed E-state index contributed by atoms with van der Waals surface area (Å²) in [6, 6.07) is 13.2. The molecule has 1 atom stereocenters. The van der Waals surface area contributed by atoms with E-state index in [-0.39, 0.29) is 0 Å². The molecule has 92 valence electrons. The first-order valence-electron chi connectivity index (χ1n) is 6.24. The van der Waals surface area contributed by atoms with Gasteiger partial charge < -0.3 is 4.90 Å². The number of para-hydroxylation sites is 1. The molecule has 0 N–H and O–H groups in total. The lowest BCUT2D eigenvalue weighted by molar-refractivity contribution is 0.613. The van der Waals surface area contributed by atoms with Gasteiger partial charge in [0.15, 0.2) is 0 Å². The molecule has 2 nitrogen and oxygen atoms in total. The Labute approximate surface area is 116 Å². The van der Waals surface area contributed by atoms with Crippen molar-refractivity contribution in [3.63, 3.8) is 0 Å².